The lowest BCUT2D eigenvalue weighted by atomic mass is 10.1. The Labute approximate surface area is 184 Å². The molecule has 0 bridgehead atoms. The first kappa shape index (κ1) is 20.0. The van der Waals surface area contributed by atoms with Crippen molar-refractivity contribution in [1.82, 2.24) is 24.5 Å². The number of hydrogen-bond donors (Lipinski definition) is 1. The van der Waals surface area contributed by atoms with Crippen LogP contribution in [0.15, 0.2) is 57.7 Å². The number of aromatic nitrogens is 4. The van der Waals surface area contributed by atoms with Gasteiger partial charge in [0.2, 0.25) is 5.89 Å². The van der Waals surface area contributed by atoms with Gasteiger partial charge in [-0.15, -0.1) is 0 Å². The van der Waals surface area contributed by atoms with Gasteiger partial charge in [-0.25, -0.2) is 14.5 Å². The molecular weight excluding hydrogens is 406 g/mol. The number of rotatable bonds is 5. The number of aryl methyl sites for hydroxylation is 1. The number of ether oxygens (including phenoxy) is 1. The van der Waals surface area contributed by atoms with E-state index in [1.165, 1.54) is 4.52 Å². The minimum atomic E-state index is -0.261. The summed E-state index contributed by atoms with van der Waals surface area (Å²) < 4.78 is 12.9. The summed E-state index contributed by atoms with van der Waals surface area (Å²) in [7, 11) is 5.45. The molecule has 162 valence electrons. The van der Waals surface area contributed by atoms with E-state index < -0.39 is 0 Å². The predicted octanol–water partition coefficient (Wildman–Crippen LogP) is 3.88. The number of benzene rings is 2. The Hall–Kier alpha value is -3.91. The maximum atomic E-state index is 13.7. The second kappa shape index (κ2) is 7.65. The van der Waals surface area contributed by atoms with E-state index >= 15 is 0 Å². The van der Waals surface area contributed by atoms with Gasteiger partial charge in [0.15, 0.2) is 16.7 Å². The van der Waals surface area contributed by atoms with E-state index in [0.717, 1.165) is 16.8 Å². The van der Waals surface area contributed by atoms with Crippen LogP contribution in [-0.4, -0.2) is 45.7 Å². The molecule has 3 heterocycles. The Morgan fingerprint density at radius 2 is 1.84 bits per heavy atom. The second-order valence-corrected chi connectivity index (χ2v) is 7.94. The summed E-state index contributed by atoms with van der Waals surface area (Å²) in [6.45, 7) is 2.39. The van der Waals surface area contributed by atoms with Crippen LogP contribution >= 0.6 is 0 Å². The van der Waals surface area contributed by atoms with Crippen molar-refractivity contribution in [3.05, 3.63) is 70.3 Å². The van der Waals surface area contributed by atoms with E-state index in [-0.39, 0.29) is 11.4 Å². The fourth-order valence-electron chi connectivity index (χ4n) is 4.00. The van der Waals surface area contributed by atoms with Gasteiger partial charge >= 0.3 is 0 Å². The molecule has 0 aliphatic rings. The molecule has 8 heteroatoms. The summed E-state index contributed by atoms with van der Waals surface area (Å²) >= 11 is 0. The molecule has 0 unspecified atom stereocenters. The molecule has 0 fully saturated rings. The van der Waals surface area contributed by atoms with Crippen LogP contribution < -0.4 is 10.3 Å². The summed E-state index contributed by atoms with van der Waals surface area (Å²) in [5, 5.41) is 3.17. The molecule has 0 aliphatic heterocycles. The number of para-hydroxylation sites is 1. The largest absolute Gasteiger partial charge is 0.494 e. The average Bonchev–Trinajstić information content (AvgIpc) is 3.34. The van der Waals surface area contributed by atoms with Gasteiger partial charge in [0.1, 0.15) is 11.3 Å². The molecule has 0 atom stereocenters. The highest BCUT2D eigenvalue weighted by atomic mass is 16.5. The van der Waals surface area contributed by atoms with E-state index in [1.807, 2.05) is 68.4 Å². The Morgan fingerprint density at radius 1 is 1.06 bits per heavy atom. The molecule has 5 aromatic rings. The van der Waals surface area contributed by atoms with Crippen LogP contribution in [0.2, 0.25) is 0 Å². The van der Waals surface area contributed by atoms with Gasteiger partial charge in [-0.1, -0.05) is 36.4 Å². The van der Waals surface area contributed by atoms with E-state index in [4.69, 9.17) is 14.1 Å². The molecule has 0 radical (unpaired) electrons. The summed E-state index contributed by atoms with van der Waals surface area (Å²) in [5.41, 5.74) is 5.10. The zero-order valence-corrected chi connectivity index (χ0v) is 18.3. The van der Waals surface area contributed by atoms with Gasteiger partial charge in [-0.05, 0) is 38.7 Å². The number of methoxy groups -OCH3 is 1. The Morgan fingerprint density at radius 3 is 2.56 bits per heavy atom. The number of nitrogens with one attached hydrogen (secondary N) is 1. The third-order valence-corrected chi connectivity index (χ3v) is 5.38. The van der Waals surface area contributed by atoms with Gasteiger partial charge in [-0.2, -0.15) is 0 Å². The van der Waals surface area contributed by atoms with Crippen LogP contribution in [0.25, 0.3) is 39.3 Å². The van der Waals surface area contributed by atoms with Crippen LogP contribution in [0.3, 0.4) is 0 Å². The van der Waals surface area contributed by atoms with Gasteiger partial charge < -0.3 is 14.1 Å². The van der Waals surface area contributed by atoms with Crippen LogP contribution in [0.4, 0.5) is 0 Å². The van der Waals surface area contributed by atoms with E-state index in [0.29, 0.717) is 40.3 Å². The van der Waals surface area contributed by atoms with Crippen molar-refractivity contribution in [1.29, 1.82) is 0 Å². The summed E-state index contributed by atoms with van der Waals surface area (Å²) in [5.74, 6) is 0.810. The number of nitrogens with zero attached hydrogens (tertiary/aromatic N) is 4. The molecule has 0 saturated carbocycles. The Bertz CT molecular complexity index is 1500. The number of oxazole rings is 1. The lowest BCUT2D eigenvalue weighted by molar-refractivity contribution is 0.396. The van der Waals surface area contributed by atoms with Crippen molar-refractivity contribution in [3.8, 4) is 28.3 Å². The van der Waals surface area contributed by atoms with Crippen molar-refractivity contribution >= 4 is 16.7 Å². The minimum Gasteiger partial charge on any atom is -0.494 e. The molecule has 0 amide bonds. The van der Waals surface area contributed by atoms with Crippen LogP contribution in [0, 0.1) is 6.92 Å². The lowest BCUT2D eigenvalue weighted by Crippen LogP contribution is -2.23. The van der Waals surface area contributed by atoms with Gasteiger partial charge in [0.05, 0.1) is 12.8 Å². The van der Waals surface area contributed by atoms with Crippen LogP contribution in [0.1, 0.15) is 11.4 Å². The predicted molar refractivity (Wildman–Crippen MR) is 123 cm³/mol. The number of H-pyrrole nitrogens is 1. The first-order chi connectivity index (χ1) is 15.5. The quantitative estimate of drug-likeness (QED) is 0.456. The van der Waals surface area contributed by atoms with Crippen molar-refractivity contribution in [2.24, 2.45) is 0 Å². The van der Waals surface area contributed by atoms with Gasteiger partial charge in [-0.3, -0.25) is 9.89 Å². The van der Waals surface area contributed by atoms with Crippen molar-refractivity contribution in [2.45, 2.75) is 13.5 Å². The van der Waals surface area contributed by atoms with E-state index in [1.54, 1.807) is 13.2 Å². The molecule has 8 nitrogen and oxygen atoms in total. The highest BCUT2D eigenvalue weighted by Crippen LogP contribution is 2.32. The van der Waals surface area contributed by atoms with Gasteiger partial charge in [0.25, 0.3) is 5.56 Å². The molecule has 2 aromatic carbocycles. The maximum absolute atomic E-state index is 13.7. The zero-order valence-electron chi connectivity index (χ0n) is 18.3. The smallest absolute Gasteiger partial charge is 0.285 e. The standard InChI is InChI=1S/C24H23N5O3/c1-14-19(15-9-6-5-7-10-15)22-25-16(13-28(2)3)20(24(30)29(22)27-14)23-26-21-17(31-4)11-8-12-18(21)32-23/h5-12,27H,13H2,1-4H3. The number of hydrogen-bond acceptors (Lipinski definition) is 6. The first-order valence-electron chi connectivity index (χ1n) is 10.3. The molecule has 0 saturated heterocycles. The third kappa shape index (κ3) is 3.16. The number of aromatic amines is 1. The topological polar surface area (TPSA) is 88.7 Å². The monoisotopic (exact) mass is 429 g/mol. The van der Waals surface area contributed by atoms with E-state index in [9.17, 15) is 4.79 Å². The molecule has 32 heavy (non-hydrogen) atoms. The molecule has 0 spiro atoms. The summed E-state index contributed by atoms with van der Waals surface area (Å²) in [6, 6.07) is 15.4. The summed E-state index contributed by atoms with van der Waals surface area (Å²) in [6.07, 6.45) is 0. The Kier molecular flexibility index (Phi) is 4.79. The third-order valence-electron chi connectivity index (χ3n) is 5.38. The van der Waals surface area contributed by atoms with Crippen LogP contribution in [-0.2, 0) is 6.54 Å². The Balaban J connectivity index is 1.82. The average molecular weight is 429 g/mol. The fourth-order valence-corrected chi connectivity index (χ4v) is 4.00. The minimum absolute atomic E-state index is 0.224. The first-order valence-corrected chi connectivity index (χ1v) is 10.3. The fraction of sp³-hybridized carbons (Fsp3) is 0.208. The number of fused-ring (bicyclic) bond motifs is 2. The molecule has 1 N–H and O–H groups in total. The molecular formula is C24H23N5O3. The molecule has 3 aromatic heterocycles. The maximum Gasteiger partial charge on any atom is 0.285 e. The van der Waals surface area contributed by atoms with Gasteiger partial charge in [0, 0.05) is 17.8 Å². The summed E-state index contributed by atoms with van der Waals surface area (Å²) in [4.78, 5) is 25.2. The zero-order chi connectivity index (χ0) is 22.4. The highest BCUT2D eigenvalue weighted by molar-refractivity contribution is 5.83. The highest BCUT2D eigenvalue weighted by Gasteiger charge is 2.24. The van der Waals surface area contributed by atoms with E-state index in [2.05, 4.69) is 10.1 Å². The van der Waals surface area contributed by atoms with Crippen molar-refractivity contribution in [2.75, 3.05) is 21.2 Å². The second-order valence-electron chi connectivity index (χ2n) is 7.94. The lowest BCUT2D eigenvalue weighted by Gasteiger charge is -2.12. The van der Waals surface area contributed by atoms with Crippen molar-refractivity contribution < 1.29 is 9.15 Å². The van der Waals surface area contributed by atoms with Crippen molar-refractivity contribution in [3.63, 3.8) is 0 Å². The molecule has 0 aliphatic carbocycles. The normalized spacial score (nSPS) is 11.7. The van der Waals surface area contributed by atoms with Crippen LogP contribution in [0.5, 0.6) is 5.75 Å². The SMILES string of the molecule is COc1cccc2oc(-c3c(CN(C)C)nc4c(-c5ccccc5)c(C)[nH]n4c3=O)nc12. The molecule has 5 rings (SSSR count).